The van der Waals surface area contributed by atoms with Gasteiger partial charge in [0.05, 0.1) is 12.2 Å². The van der Waals surface area contributed by atoms with Crippen molar-refractivity contribution in [3.05, 3.63) is 48.2 Å². The van der Waals surface area contributed by atoms with Gasteiger partial charge in [-0.1, -0.05) is 0 Å². The minimum atomic E-state index is -0.782. The zero-order valence-corrected chi connectivity index (χ0v) is 19.1. The number of benzene rings is 1. The van der Waals surface area contributed by atoms with Crippen molar-refractivity contribution in [1.29, 1.82) is 0 Å². The molecule has 0 spiro atoms. The van der Waals surface area contributed by atoms with Crippen molar-refractivity contribution in [1.82, 2.24) is 4.98 Å². The predicted octanol–water partition coefficient (Wildman–Crippen LogP) is 4.46. The number of thioether (sulfide) groups is 1. The Labute approximate surface area is 187 Å². The number of halogens is 1. The number of methoxy groups -OCH3 is 1. The van der Waals surface area contributed by atoms with Crippen molar-refractivity contribution in [2.75, 3.05) is 49.4 Å². The second kappa shape index (κ2) is 11.2. The van der Waals surface area contributed by atoms with Gasteiger partial charge in [0.15, 0.2) is 0 Å². The van der Waals surface area contributed by atoms with Crippen LogP contribution in [0.2, 0.25) is 0 Å². The van der Waals surface area contributed by atoms with E-state index in [0.717, 1.165) is 40.8 Å². The van der Waals surface area contributed by atoms with Crippen LogP contribution in [0.25, 0.3) is 0 Å². The maximum Gasteiger partial charge on any atom is 0.252 e. The van der Waals surface area contributed by atoms with Gasteiger partial charge in [0.1, 0.15) is 23.6 Å². The lowest BCUT2D eigenvalue weighted by Crippen LogP contribution is -2.36. The summed E-state index contributed by atoms with van der Waals surface area (Å²) in [5.74, 6) is 0.723. The van der Waals surface area contributed by atoms with Gasteiger partial charge < -0.3 is 14.5 Å². The Morgan fingerprint density at radius 3 is 2.68 bits per heavy atom. The number of hydrogen-bond donors (Lipinski definition) is 0. The zero-order chi connectivity index (χ0) is 22.2. The van der Waals surface area contributed by atoms with E-state index in [2.05, 4.69) is 4.98 Å². The summed E-state index contributed by atoms with van der Waals surface area (Å²) in [7, 11) is 1.51. The molecule has 1 aromatic heterocycles. The van der Waals surface area contributed by atoms with E-state index < -0.39 is 6.17 Å². The van der Waals surface area contributed by atoms with Crippen LogP contribution in [0.3, 0.4) is 0 Å². The number of rotatable bonds is 7. The molecule has 0 saturated carbocycles. The maximum atomic E-state index is 13.7. The Balaban J connectivity index is 1.74. The Kier molecular flexibility index (Phi) is 8.43. The summed E-state index contributed by atoms with van der Waals surface area (Å²) in [6.07, 6.45) is 4.47. The van der Waals surface area contributed by atoms with Crippen LogP contribution in [0.5, 0.6) is 0 Å². The Bertz CT molecular complexity index is 889. The minimum absolute atomic E-state index is 0.0524. The molecule has 1 fully saturated rings. The van der Waals surface area contributed by atoms with E-state index in [1.807, 2.05) is 54.5 Å². The fourth-order valence-electron chi connectivity index (χ4n) is 3.59. The maximum absolute atomic E-state index is 13.7. The molecule has 0 radical (unpaired) electrons. The van der Waals surface area contributed by atoms with Crippen LogP contribution in [0.4, 0.5) is 21.6 Å². The number of likely N-dealkylation sites (N-methyl/N-ethyl adjacent to an activating group) is 1. The molecule has 1 aliphatic rings. The average molecular weight is 445 g/mol. The third kappa shape index (κ3) is 6.04. The van der Waals surface area contributed by atoms with Crippen LogP contribution in [-0.4, -0.2) is 61.7 Å². The monoisotopic (exact) mass is 444 g/mol. The first kappa shape index (κ1) is 23.2. The molecule has 2 heterocycles. The molecule has 6 nitrogen and oxygen atoms in total. The van der Waals surface area contributed by atoms with Crippen molar-refractivity contribution in [3.63, 3.8) is 0 Å². The molecule has 0 bridgehead atoms. The molecule has 2 aromatic rings. The second-order valence-corrected chi connectivity index (χ2v) is 8.09. The van der Waals surface area contributed by atoms with E-state index in [1.54, 1.807) is 22.9 Å². The van der Waals surface area contributed by atoms with Crippen LogP contribution in [0, 0.1) is 0 Å². The van der Waals surface area contributed by atoms with E-state index in [1.165, 1.54) is 7.11 Å². The number of carbonyl (C=O) groups excluding carboxylic acids is 1. The molecule has 1 unspecified atom stereocenters. The van der Waals surface area contributed by atoms with Crippen LogP contribution in [0.1, 0.15) is 25.3 Å². The normalized spacial score (nSPS) is 17.0. The number of aliphatic imine (C=N–C) groups is 1. The molecule has 1 atom stereocenters. The highest BCUT2D eigenvalue weighted by Gasteiger charge is 2.20. The number of carbonyl (C=O) groups is 1. The van der Waals surface area contributed by atoms with Crippen LogP contribution in [0.15, 0.2) is 47.6 Å². The van der Waals surface area contributed by atoms with Crippen LogP contribution < -0.4 is 9.80 Å². The number of hydrogen-bond acceptors (Lipinski definition) is 6. The fraction of sp³-hybridized carbons (Fsp3) is 0.435. The van der Waals surface area contributed by atoms with E-state index in [-0.39, 0.29) is 12.5 Å². The van der Waals surface area contributed by atoms with Gasteiger partial charge in [-0.3, -0.25) is 4.79 Å². The Morgan fingerprint density at radius 2 is 2.10 bits per heavy atom. The minimum Gasteiger partial charge on any atom is -0.375 e. The quantitative estimate of drug-likeness (QED) is 0.466. The van der Waals surface area contributed by atoms with Gasteiger partial charge in [0, 0.05) is 37.6 Å². The molecular formula is C23H29FN4O2S. The average Bonchev–Trinajstić information content (AvgIpc) is 2.79. The SMILES string of the molecule is CCN(C(=O)COC)c1ccc(/N=C(\SC)c2ccc(N3CCCC(F)C3)nc2)cc1. The van der Waals surface area contributed by atoms with Crippen molar-refractivity contribution in [2.24, 2.45) is 4.99 Å². The largest absolute Gasteiger partial charge is 0.375 e. The van der Waals surface area contributed by atoms with E-state index in [4.69, 9.17) is 9.73 Å². The molecule has 166 valence electrons. The van der Waals surface area contributed by atoms with Crippen molar-refractivity contribution < 1.29 is 13.9 Å². The van der Waals surface area contributed by atoms with Crippen molar-refractivity contribution >= 4 is 39.9 Å². The smallest absolute Gasteiger partial charge is 0.252 e. The predicted molar refractivity (Wildman–Crippen MR) is 127 cm³/mol. The lowest BCUT2D eigenvalue weighted by molar-refractivity contribution is -0.122. The van der Waals surface area contributed by atoms with Gasteiger partial charge in [-0.15, -0.1) is 11.8 Å². The highest BCUT2D eigenvalue weighted by Crippen LogP contribution is 2.24. The molecule has 0 aliphatic carbocycles. The summed E-state index contributed by atoms with van der Waals surface area (Å²) in [4.78, 5) is 25.1. The summed E-state index contributed by atoms with van der Waals surface area (Å²) in [5, 5.41) is 0.844. The number of ether oxygens (including phenoxy) is 1. The Morgan fingerprint density at radius 1 is 1.32 bits per heavy atom. The van der Waals surface area contributed by atoms with Crippen LogP contribution in [-0.2, 0) is 9.53 Å². The first-order valence-corrected chi connectivity index (χ1v) is 11.7. The lowest BCUT2D eigenvalue weighted by atomic mass is 10.1. The molecule has 3 rings (SSSR count). The van der Waals surface area contributed by atoms with E-state index in [0.29, 0.717) is 19.5 Å². The third-order valence-corrected chi connectivity index (χ3v) is 5.87. The van der Waals surface area contributed by atoms with Gasteiger partial charge in [-0.05, 0) is 62.4 Å². The highest BCUT2D eigenvalue weighted by molar-refractivity contribution is 8.13. The Hall–Kier alpha value is -2.45. The number of aromatic nitrogens is 1. The molecule has 1 aliphatic heterocycles. The van der Waals surface area contributed by atoms with Gasteiger partial charge >= 0.3 is 0 Å². The highest BCUT2D eigenvalue weighted by atomic mass is 32.2. The standard InChI is InChI=1S/C23H29FN4O2S/c1-4-28(22(29)16-30-2)20-10-8-19(9-11-20)26-23(31-3)17-7-12-21(25-14-17)27-13-5-6-18(24)15-27/h7-12,14,18H,4-6,13,15-16H2,1-3H3/b26-23-. The molecule has 1 aromatic carbocycles. The van der Waals surface area contributed by atoms with Gasteiger partial charge in [-0.2, -0.15) is 0 Å². The van der Waals surface area contributed by atoms with Gasteiger partial charge in [0.2, 0.25) is 0 Å². The first-order valence-electron chi connectivity index (χ1n) is 10.4. The first-order chi connectivity index (χ1) is 15.0. The van der Waals surface area contributed by atoms with Crippen molar-refractivity contribution in [2.45, 2.75) is 25.9 Å². The third-order valence-electron chi connectivity index (χ3n) is 5.15. The topological polar surface area (TPSA) is 58.0 Å². The molecule has 8 heteroatoms. The molecular weight excluding hydrogens is 415 g/mol. The van der Waals surface area contributed by atoms with Gasteiger partial charge in [0.25, 0.3) is 5.91 Å². The molecule has 0 N–H and O–H groups in total. The summed E-state index contributed by atoms with van der Waals surface area (Å²) >= 11 is 1.54. The second-order valence-electron chi connectivity index (χ2n) is 7.30. The number of pyridine rings is 1. The van der Waals surface area contributed by atoms with E-state index in [9.17, 15) is 9.18 Å². The fourth-order valence-corrected chi connectivity index (χ4v) is 4.14. The number of alkyl halides is 1. The number of piperidine rings is 1. The van der Waals surface area contributed by atoms with Crippen LogP contribution >= 0.6 is 11.8 Å². The molecule has 1 saturated heterocycles. The van der Waals surface area contributed by atoms with Crippen molar-refractivity contribution in [3.8, 4) is 0 Å². The molecule has 31 heavy (non-hydrogen) atoms. The summed E-state index contributed by atoms with van der Waals surface area (Å²) in [5.41, 5.74) is 2.52. The summed E-state index contributed by atoms with van der Waals surface area (Å²) < 4.78 is 18.6. The lowest BCUT2D eigenvalue weighted by Gasteiger charge is -2.29. The van der Waals surface area contributed by atoms with E-state index >= 15 is 0 Å². The molecule has 1 amide bonds. The summed E-state index contributed by atoms with van der Waals surface area (Å²) in [6, 6.07) is 11.5. The zero-order valence-electron chi connectivity index (χ0n) is 18.3. The number of amides is 1. The summed E-state index contributed by atoms with van der Waals surface area (Å²) in [6.45, 7) is 3.80. The number of anilines is 2. The van der Waals surface area contributed by atoms with Gasteiger partial charge in [-0.25, -0.2) is 14.4 Å². The number of nitrogens with zero attached hydrogens (tertiary/aromatic N) is 4.